The van der Waals surface area contributed by atoms with Crippen LogP contribution in [-0.2, 0) is 9.53 Å². The number of rotatable bonds is 12. The number of methoxy groups -OCH3 is 1. The van der Waals surface area contributed by atoms with E-state index >= 15 is 0 Å². The van der Waals surface area contributed by atoms with Crippen LogP contribution in [0.1, 0.15) is 63.2 Å². The van der Waals surface area contributed by atoms with E-state index in [-0.39, 0.29) is 35.8 Å². The number of para-hydroxylation sites is 1. The summed E-state index contributed by atoms with van der Waals surface area (Å²) < 4.78 is 17.4. The molecule has 2 aliphatic rings. The molecule has 8 heteroatoms. The number of hydrazine groups is 1. The molecule has 0 aliphatic carbocycles. The number of phenols is 1. The second kappa shape index (κ2) is 12.0. The number of nitrogens with zero attached hydrogens (tertiary/aromatic N) is 1. The van der Waals surface area contributed by atoms with Gasteiger partial charge in [-0.05, 0) is 50.5 Å². The van der Waals surface area contributed by atoms with Crippen LogP contribution < -0.4 is 20.3 Å². The maximum atomic E-state index is 13.6. The third kappa shape index (κ3) is 5.45. The van der Waals surface area contributed by atoms with Crippen molar-refractivity contribution in [3.63, 3.8) is 0 Å². The number of carbonyl (C=O) groups is 1. The van der Waals surface area contributed by atoms with E-state index in [1.165, 1.54) is 0 Å². The van der Waals surface area contributed by atoms with Crippen LogP contribution in [0, 0.1) is 5.92 Å². The van der Waals surface area contributed by atoms with Crippen LogP contribution in [0.15, 0.2) is 42.5 Å². The topological polar surface area (TPSA) is 92.3 Å². The second-order valence-corrected chi connectivity index (χ2v) is 9.74. The van der Waals surface area contributed by atoms with Crippen LogP contribution in [0.25, 0.3) is 0 Å². The molecule has 2 aromatic carbocycles. The van der Waals surface area contributed by atoms with Gasteiger partial charge in [-0.1, -0.05) is 37.6 Å². The fraction of sp³-hybridized carbons (Fsp3) is 0.536. The molecule has 2 fully saturated rings. The third-order valence-corrected chi connectivity index (χ3v) is 6.96. The Balaban J connectivity index is 1.67. The standard InChI is InChI=1S/C28H39N3O5/c1-5-6-15-36-22-13-12-19(17-23(22)34-4)27-24-25(20-10-7-8-11-21(20)32)29-30-26(24)28(33)31(27)14-9-16-35-18(2)3/h7-8,10-13,17-18,24-27,29-30,32H,5-6,9,14-16H2,1-4H3. The summed E-state index contributed by atoms with van der Waals surface area (Å²) >= 11 is 0. The number of fused-ring (bicyclic) bond motifs is 1. The number of benzene rings is 2. The molecule has 3 N–H and O–H groups in total. The fourth-order valence-electron chi connectivity index (χ4n) is 5.23. The average Bonchev–Trinajstić information content (AvgIpc) is 3.41. The molecular formula is C28H39N3O5. The molecular weight excluding hydrogens is 458 g/mol. The highest BCUT2D eigenvalue weighted by atomic mass is 16.5. The van der Waals surface area contributed by atoms with E-state index in [2.05, 4.69) is 17.8 Å². The first-order valence-electron chi connectivity index (χ1n) is 13.0. The molecule has 4 unspecified atom stereocenters. The summed E-state index contributed by atoms with van der Waals surface area (Å²) in [6.07, 6.45) is 2.91. The van der Waals surface area contributed by atoms with Crippen LogP contribution in [-0.4, -0.2) is 54.9 Å². The Hall–Kier alpha value is -2.81. The summed E-state index contributed by atoms with van der Waals surface area (Å²) in [7, 11) is 1.64. The minimum Gasteiger partial charge on any atom is -0.508 e. The molecule has 2 heterocycles. The van der Waals surface area contributed by atoms with E-state index in [1.54, 1.807) is 19.2 Å². The second-order valence-electron chi connectivity index (χ2n) is 9.74. The predicted octanol–water partition coefficient (Wildman–Crippen LogP) is 4.11. The Morgan fingerprint density at radius 2 is 1.81 bits per heavy atom. The van der Waals surface area contributed by atoms with Crippen molar-refractivity contribution >= 4 is 5.91 Å². The lowest BCUT2D eigenvalue weighted by molar-refractivity contribution is -0.131. The summed E-state index contributed by atoms with van der Waals surface area (Å²) in [4.78, 5) is 15.6. The molecule has 4 rings (SSSR count). The first kappa shape index (κ1) is 26.3. The zero-order valence-electron chi connectivity index (χ0n) is 21.7. The van der Waals surface area contributed by atoms with Crippen molar-refractivity contribution in [3.8, 4) is 17.2 Å². The van der Waals surface area contributed by atoms with Gasteiger partial charge in [0.2, 0.25) is 5.91 Å². The minimum atomic E-state index is -0.405. The number of ether oxygens (including phenoxy) is 3. The number of amides is 1. The molecule has 2 aromatic rings. The maximum Gasteiger partial charge on any atom is 0.242 e. The molecule has 2 saturated heterocycles. The smallest absolute Gasteiger partial charge is 0.242 e. The Labute approximate surface area is 213 Å². The Morgan fingerprint density at radius 3 is 2.53 bits per heavy atom. The average molecular weight is 498 g/mol. The van der Waals surface area contributed by atoms with Crippen molar-refractivity contribution in [2.75, 3.05) is 26.9 Å². The largest absolute Gasteiger partial charge is 0.508 e. The first-order valence-corrected chi connectivity index (χ1v) is 13.0. The van der Waals surface area contributed by atoms with Gasteiger partial charge in [0.25, 0.3) is 0 Å². The van der Waals surface area contributed by atoms with Crippen LogP contribution in [0.5, 0.6) is 17.2 Å². The summed E-state index contributed by atoms with van der Waals surface area (Å²) in [5, 5.41) is 10.6. The molecule has 0 aromatic heterocycles. The number of nitrogens with one attached hydrogen (secondary N) is 2. The third-order valence-electron chi connectivity index (χ3n) is 6.96. The summed E-state index contributed by atoms with van der Waals surface area (Å²) in [6, 6.07) is 12.4. The van der Waals surface area contributed by atoms with Crippen LogP contribution in [0.4, 0.5) is 0 Å². The molecule has 0 bridgehead atoms. The highest BCUT2D eigenvalue weighted by Crippen LogP contribution is 2.49. The summed E-state index contributed by atoms with van der Waals surface area (Å²) in [5.74, 6) is 1.48. The van der Waals surface area contributed by atoms with E-state index in [0.717, 1.165) is 30.4 Å². The number of hydrogen-bond acceptors (Lipinski definition) is 7. The van der Waals surface area contributed by atoms with Crippen molar-refractivity contribution in [3.05, 3.63) is 53.6 Å². The molecule has 0 saturated carbocycles. The van der Waals surface area contributed by atoms with Gasteiger partial charge in [0, 0.05) is 24.6 Å². The lowest BCUT2D eigenvalue weighted by Crippen LogP contribution is -2.41. The van der Waals surface area contributed by atoms with Crippen LogP contribution >= 0.6 is 0 Å². The number of likely N-dealkylation sites (tertiary alicyclic amines) is 1. The molecule has 4 atom stereocenters. The zero-order chi connectivity index (χ0) is 25.7. The van der Waals surface area contributed by atoms with Gasteiger partial charge >= 0.3 is 0 Å². The monoisotopic (exact) mass is 497 g/mol. The van der Waals surface area contributed by atoms with E-state index in [4.69, 9.17) is 14.2 Å². The highest BCUT2D eigenvalue weighted by Gasteiger charge is 2.55. The van der Waals surface area contributed by atoms with Gasteiger partial charge in [0.15, 0.2) is 11.5 Å². The Morgan fingerprint density at radius 1 is 1.03 bits per heavy atom. The highest BCUT2D eigenvalue weighted by molar-refractivity contribution is 5.86. The molecule has 36 heavy (non-hydrogen) atoms. The van der Waals surface area contributed by atoms with E-state index < -0.39 is 6.04 Å². The number of phenolic OH excluding ortho intramolecular Hbond substituents is 1. The summed E-state index contributed by atoms with van der Waals surface area (Å²) in [6.45, 7) is 7.95. The predicted molar refractivity (Wildman–Crippen MR) is 138 cm³/mol. The number of aromatic hydroxyl groups is 1. The molecule has 8 nitrogen and oxygen atoms in total. The number of carbonyl (C=O) groups excluding carboxylic acids is 1. The van der Waals surface area contributed by atoms with E-state index in [9.17, 15) is 9.90 Å². The molecule has 2 aliphatic heterocycles. The fourth-order valence-corrected chi connectivity index (χ4v) is 5.23. The van der Waals surface area contributed by atoms with Crippen molar-refractivity contribution in [2.24, 2.45) is 5.92 Å². The maximum absolute atomic E-state index is 13.6. The van der Waals surface area contributed by atoms with Gasteiger partial charge < -0.3 is 24.2 Å². The Bertz CT molecular complexity index is 1030. The molecule has 0 radical (unpaired) electrons. The number of unbranched alkanes of at least 4 members (excludes halogenated alkanes) is 1. The van der Waals surface area contributed by atoms with Gasteiger partial charge in [0.1, 0.15) is 11.8 Å². The SMILES string of the molecule is CCCCOc1ccc(C2C3C(NNC3c3ccccc3O)C(=O)N2CCCOC(C)C)cc1OC. The molecule has 0 spiro atoms. The van der Waals surface area contributed by atoms with Crippen LogP contribution in [0.2, 0.25) is 0 Å². The van der Waals surface area contributed by atoms with Gasteiger partial charge in [-0.2, -0.15) is 0 Å². The van der Waals surface area contributed by atoms with Gasteiger partial charge in [-0.15, -0.1) is 0 Å². The van der Waals surface area contributed by atoms with Crippen molar-refractivity contribution in [1.29, 1.82) is 0 Å². The zero-order valence-corrected chi connectivity index (χ0v) is 21.7. The number of hydrogen-bond donors (Lipinski definition) is 3. The lowest BCUT2D eigenvalue weighted by atomic mass is 9.83. The van der Waals surface area contributed by atoms with E-state index in [1.807, 2.05) is 49.1 Å². The minimum absolute atomic E-state index is 0.0437. The van der Waals surface area contributed by atoms with Crippen molar-refractivity contribution < 1.29 is 24.1 Å². The summed E-state index contributed by atoms with van der Waals surface area (Å²) in [5.41, 5.74) is 8.25. The van der Waals surface area contributed by atoms with Crippen molar-refractivity contribution in [1.82, 2.24) is 15.8 Å². The molecule has 1 amide bonds. The Kier molecular flexibility index (Phi) is 8.72. The van der Waals surface area contributed by atoms with Gasteiger partial charge in [-0.3, -0.25) is 4.79 Å². The van der Waals surface area contributed by atoms with Gasteiger partial charge in [-0.25, -0.2) is 10.9 Å². The quantitative estimate of drug-likeness (QED) is 0.380. The molecule has 196 valence electrons. The first-order chi connectivity index (χ1) is 17.5. The lowest BCUT2D eigenvalue weighted by Gasteiger charge is -2.32. The van der Waals surface area contributed by atoms with E-state index in [0.29, 0.717) is 31.3 Å². The van der Waals surface area contributed by atoms with Gasteiger partial charge in [0.05, 0.1) is 31.9 Å². The van der Waals surface area contributed by atoms with Crippen molar-refractivity contribution in [2.45, 2.75) is 64.3 Å². The normalized spacial score (nSPS) is 23.4. The van der Waals surface area contributed by atoms with Crippen LogP contribution in [0.3, 0.4) is 0 Å².